The molecule has 0 aromatic heterocycles. The molecule has 1 aromatic rings. The molecule has 1 saturated carbocycles. The summed E-state index contributed by atoms with van der Waals surface area (Å²) >= 11 is 7.07. The van der Waals surface area contributed by atoms with E-state index in [0.717, 1.165) is 25.7 Å². The van der Waals surface area contributed by atoms with Gasteiger partial charge in [-0.1, -0.05) is 30.9 Å². The van der Waals surface area contributed by atoms with Crippen LogP contribution in [0.3, 0.4) is 0 Å². The molecule has 1 aliphatic rings. The SMILES string of the molecule is CS/C(NC1CCCCC1)=C(/C#N)S(=O)(=O)c1ccc(Cl)cc1. The fourth-order valence-electron chi connectivity index (χ4n) is 2.61. The first-order valence-corrected chi connectivity index (χ1v) is 10.5. The maximum absolute atomic E-state index is 12.7. The molecule has 1 fully saturated rings. The Morgan fingerprint density at radius 3 is 2.39 bits per heavy atom. The highest BCUT2D eigenvalue weighted by atomic mass is 35.5. The van der Waals surface area contributed by atoms with Gasteiger partial charge in [0.2, 0.25) is 9.84 Å². The molecule has 1 aromatic carbocycles. The molecule has 0 unspecified atom stereocenters. The maximum Gasteiger partial charge on any atom is 0.219 e. The van der Waals surface area contributed by atoms with E-state index in [1.54, 1.807) is 6.26 Å². The standard InChI is InChI=1S/C16H19ClN2O2S2/c1-22-16(19-13-5-3-2-4-6-13)15(11-18)23(20,21)14-9-7-12(17)8-10-14/h7-10,13,19H,2-6H2,1H3/b16-15-. The summed E-state index contributed by atoms with van der Waals surface area (Å²) in [6.07, 6.45) is 7.26. The van der Waals surface area contributed by atoms with E-state index >= 15 is 0 Å². The molecule has 4 nitrogen and oxygen atoms in total. The number of hydrogen-bond donors (Lipinski definition) is 1. The van der Waals surface area contributed by atoms with Gasteiger partial charge in [-0.2, -0.15) is 5.26 Å². The van der Waals surface area contributed by atoms with Gasteiger partial charge >= 0.3 is 0 Å². The van der Waals surface area contributed by atoms with E-state index in [0.29, 0.717) is 10.1 Å². The molecule has 0 heterocycles. The molecule has 0 atom stereocenters. The smallest absolute Gasteiger partial charge is 0.219 e. The van der Waals surface area contributed by atoms with Gasteiger partial charge in [-0.3, -0.25) is 0 Å². The lowest BCUT2D eigenvalue weighted by Crippen LogP contribution is -2.30. The van der Waals surface area contributed by atoms with Crippen LogP contribution in [0.4, 0.5) is 0 Å². The molecule has 0 aliphatic heterocycles. The van der Waals surface area contributed by atoms with E-state index in [1.807, 2.05) is 6.07 Å². The molecule has 124 valence electrons. The lowest BCUT2D eigenvalue weighted by atomic mass is 9.96. The van der Waals surface area contributed by atoms with Crippen LogP contribution < -0.4 is 5.32 Å². The van der Waals surface area contributed by atoms with Crippen LogP contribution in [0.5, 0.6) is 0 Å². The molecule has 0 saturated heterocycles. The first-order chi connectivity index (χ1) is 11.0. The van der Waals surface area contributed by atoms with E-state index < -0.39 is 9.84 Å². The topological polar surface area (TPSA) is 70.0 Å². The van der Waals surface area contributed by atoms with Crippen LogP contribution in [0.1, 0.15) is 32.1 Å². The minimum atomic E-state index is -3.85. The number of thioether (sulfide) groups is 1. The number of nitriles is 1. The van der Waals surface area contributed by atoms with Gasteiger partial charge in [0.25, 0.3) is 0 Å². The van der Waals surface area contributed by atoms with Crippen molar-refractivity contribution in [3.05, 3.63) is 39.2 Å². The second kappa shape index (κ2) is 8.09. The Balaban J connectivity index is 2.37. The summed E-state index contributed by atoms with van der Waals surface area (Å²) in [4.78, 5) is -0.145. The van der Waals surface area contributed by atoms with E-state index in [-0.39, 0.29) is 15.8 Å². The van der Waals surface area contributed by atoms with Crippen molar-refractivity contribution in [3.63, 3.8) is 0 Å². The fourth-order valence-corrected chi connectivity index (χ4v) is 4.99. The Labute approximate surface area is 146 Å². The first-order valence-electron chi connectivity index (χ1n) is 7.44. The third-order valence-corrected chi connectivity index (χ3v) is 6.68. The van der Waals surface area contributed by atoms with Gasteiger partial charge < -0.3 is 5.32 Å². The number of allylic oxidation sites excluding steroid dienone is 1. The Bertz CT molecular complexity index is 715. The molecule has 0 amide bonds. The minimum absolute atomic E-state index is 0.0791. The Morgan fingerprint density at radius 1 is 1.26 bits per heavy atom. The normalized spacial score (nSPS) is 17.3. The van der Waals surface area contributed by atoms with Crippen LogP contribution in [0.2, 0.25) is 5.02 Å². The lowest BCUT2D eigenvalue weighted by molar-refractivity contribution is 0.402. The summed E-state index contributed by atoms with van der Waals surface area (Å²) in [7, 11) is -3.85. The van der Waals surface area contributed by atoms with Crippen LogP contribution in [-0.2, 0) is 9.84 Å². The average Bonchev–Trinajstić information content (AvgIpc) is 2.55. The molecule has 0 bridgehead atoms. The maximum atomic E-state index is 12.7. The molecule has 0 radical (unpaired) electrons. The zero-order valence-corrected chi connectivity index (χ0v) is 15.3. The Kier molecular flexibility index (Phi) is 6.40. The monoisotopic (exact) mass is 370 g/mol. The first kappa shape index (κ1) is 18.2. The predicted octanol–water partition coefficient (Wildman–Crippen LogP) is 4.09. The lowest BCUT2D eigenvalue weighted by Gasteiger charge is -2.25. The molecule has 7 heteroatoms. The minimum Gasteiger partial charge on any atom is -0.375 e. The number of rotatable bonds is 5. The quantitative estimate of drug-likeness (QED) is 0.790. The van der Waals surface area contributed by atoms with Crippen LogP contribution in [-0.4, -0.2) is 20.7 Å². The molecule has 2 rings (SSSR count). The molecule has 23 heavy (non-hydrogen) atoms. The number of sulfone groups is 1. The number of benzene rings is 1. The summed E-state index contributed by atoms with van der Waals surface area (Å²) in [5, 5.41) is 13.6. The highest BCUT2D eigenvalue weighted by Gasteiger charge is 2.26. The number of nitrogens with zero attached hydrogens (tertiary/aromatic N) is 1. The van der Waals surface area contributed by atoms with Crippen molar-refractivity contribution in [2.75, 3.05) is 6.26 Å². The van der Waals surface area contributed by atoms with Crippen LogP contribution >= 0.6 is 23.4 Å². The largest absolute Gasteiger partial charge is 0.375 e. The summed E-state index contributed by atoms with van der Waals surface area (Å²) in [6, 6.07) is 7.97. The van der Waals surface area contributed by atoms with Crippen molar-refractivity contribution in [1.82, 2.24) is 5.32 Å². The van der Waals surface area contributed by atoms with Crippen molar-refractivity contribution in [2.24, 2.45) is 0 Å². The highest BCUT2D eigenvalue weighted by molar-refractivity contribution is 8.04. The molecular formula is C16H19ClN2O2S2. The second-order valence-electron chi connectivity index (χ2n) is 5.41. The fraction of sp³-hybridized carbons (Fsp3) is 0.438. The third kappa shape index (κ3) is 4.43. The van der Waals surface area contributed by atoms with Crippen LogP contribution in [0.25, 0.3) is 0 Å². The third-order valence-electron chi connectivity index (χ3n) is 3.84. The zero-order valence-electron chi connectivity index (χ0n) is 12.9. The van der Waals surface area contributed by atoms with Crippen LogP contribution in [0.15, 0.2) is 39.1 Å². The van der Waals surface area contributed by atoms with E-state index in [2.05, 4.69) is 5.32 Å². The van der Waals surface area contributed by atoms with E-state index in [1.165, 1.54) is 42.4 Å². The number of halogens is 1. The summed E-state index contributed by atoms with van der Waals surface area (Å²) in [6.45, 7) is 0. The van der Waals surface area contributed by atoms with Gasteiger partial charge in [-0.05, 0) is 43.4 Å². The van der Waals surface area contributed by atoms with Crippen molar-refractivity contribution >= 4 is 33.2 Å². The summed E-state index contributed by atoms with van der Waals surface area (Å²) in [5.41, 5.74) is 0. The average molecular weight is 371 g/mol. The van der Waals surface area contributed by atoms with Crippen LogP contribution in [0, 0.1) is 11.3 Å². The van der Waals surface area contributed by atoms with Gasteiger partial charge in [0.05, 0.1) is 9.92 Å². The summed E-state index contributed by atoms with van der Waals surface area (Å²) < 4.78 is 25.5. The van der Waals surface area contributed by atoms with E-state index in [9.17, 15) is 13.7 Å². The van der Waals surface area contributed by atoms with Crippen molar-refractivity contribution in [3.8, 4) is 6.07 Å². The highest BCUT2D eigenvalue weighted by Crippen LogP contribution is 2.28. The number of nitrogens with one attached hydrogen (secondary N) is 1. The zero-order chi connectivity index (χ0) is 16.9. The van der Waals surface area contributed by atoms with Gasteiger partial charge in [0.15, 0.2) is 4.91 Å². The molecule has 0 spiro atoms. The second-order valence-corrected chi connectivity index (χ2v) is 8.55. The molecule has 1 aliphatic carbocycles. The van der Waals surface area contributed by atoms with Crippen molar-refractivity contribution in [1.29, 1.82) is 5.26 Å². The van der Waals surface area contributed by atoms with Gasteiger partial charge in [0.1, 0.15) is 6.07 Å². The van der Waals surface area contributed by atoms with E-state index in [4.69, 9.17) is 11.6 Å². The Morgan fingerprint density at radius 2 is 1.87 bits per heavy atom. The number of hydrogen-bond acceptors (Lipinski definition) is 5. The predicted molar refractivity (Wildman–Crippen MR) is 94.8 cm³/mol. The van der Waals surface area contributed by atoms with Crippen molar-refractivity contribution in [2.45, 2.75) is 43.0 Å². The Hall–Kier alpha value is -1.16. The molecule has 1 N–H and O–H groups in total. The van der Waals surface area contributed by atoms with Crippen molar-refractivity contribution < 1.29 is 8.42 Å². The summed E-state index contributed by atoms with van der Waals surface area (Å²) in [5.74, 6) is 0. The molecular weight excluding hydrogens is 352 g/mol. The van der Waals surface area contributed by atoms with Gasteiger partial charge in [-0.25, -0.2) is 8.42 Å². The van der Waals surface area contributed by atoms with Gasteiger partial charge in [-0.15, -0.1) is 11.8 Å². The van der Waals surface area contributed by atoms with Gasteiger partial charge in [0, 0.05) is 11.1 Å².